The van der Waals surface area contributed by atoms with E-state index in [-0.39, 0.29) is 13.2 Å². The van der Waals surface area contributed by atoms with Crippen LogP contribution >= 0.6 is 0 Å². The Morgan fingerprint density at radius 1 is 1.00 bits per heavy atom. The summed E-state index contributed by atoms with van der Waals surface area (Å²) in [6, 6.07) is 0. The summed E-state index contributed by atoms with van der Waals surface area (Å²) in [6.45, 7) is 1.17. The lowest BCUT2D eigenvalue weighted by molar-refractivity contribution is 0.0710. The molecule has 0 saturated heterocycles. The molecule has 130 valence electrons. The van der Waals surface area contributed by atoms with Gasteiger partial charge in [-0.15, -0.1) is 0 Å². The topological polar surface area (TPSA) is 172 Å². The van der Waals surface area contributed by atoms with Crippen LogP contribution in [0.4, 0.5) is 9.59 Å². The molecule has 0 aromatic heterocycles. The number of aliphatic hydroxyl groups excluding tert-OH is 2. The second-order valence-corrected chi connectivity index (χ2v) is 4.49. The Balaban J connectivity index is 3.55. The van der Waals surface area contributed by atoms with Gasteiger partial charge in [-0.2, -0.15) is 0 Å². The first-order chi connectivity index (χ1) is 10.3. The summed E-state index contributed by atoms with van der Waals surface area (Å²) in [5.74, 6) is 0. The summed E-state index contributed by atoms with van der Waals surface area (Å²) in [7, 11) is 1.80. The van der Waals surface area contributed by atoms with Gasteiger partial charge in [-0.25, -0.2) is 9.59 Å². The minimum Gasteiger partial charge on any atom is -0.445 e. The predicted molar refractivity (Wildman–Crippen MR) is 76.6 cm³/mol. The number of nitrogens with zero attached hydrogens (tertiary/aromatic N) is 1. The zero-order chi connectivity index (χ0) is 17.0. The van der Waals surface area contributed by atoms with Gasteiger partial charge in [0.1, 0.15) is 25.7 Å². The van der Waals surface area contributed by atoms with Crippen LogP contribution in [0.5, 0.6) is 0 Å². The molecule has 0 aromatic rings. The van der Waals surface area contributed by atoms with E-state index in [9.17, 15) is 9.59 Å². The second kappa shape index (κ2) is 11.9. The third-order valence-electron chi connectivity index (χ3n) is 2.30. The molecule has 0 saturated carbocycles. The number of rotatable bonds is 10. The fourth-order valence-corrected chi connectivity index (χ4v) is 1.23. The Hall–Kier alpha value is -1.66. The lowest BCUT2D eigenvalue weighted by Crippen LogP contribution is -2.39. The average molecular weight is 323 g/mol. The van der Waals surface area contributed by atoms with Crippen LogP contribution in [0.25, 0.3) is 0 Å². The molecule has 0 aliphatic rings. The molecule has 0 rings (SSSR count). The number of likely N-dealkylation sites (N-methyl/N-ethyl adjacent to an activating group) is 1. The van der Waals surface area contributed by atoms with E-state index in [1.165, 1.54) is 0 Å². The van der Waals surface area contributed by atoms with Gasteiger partial charge in [0, 0.05) is 26.2 Å². The largest absolute Gasteiger partial charge is 0.445 e. The first-order valence-corrected chi connectivity index (χ1v) is 6.68. The number of amides is 2. The fraction of sp³-hybridized carbons (Fsp3) is 0.818. The first-order valence-electron chi connectivity index (χ1n) is 6.68. The van der Waals surface area contributed by atoms with Gasteiger partial charge in [-0.3, -0.25) is 0 Å². The molecule has 11 nitrogen and oxygen atoms in total. The molecule has 0 bridgehead atoms. The molecule has 0 aliphatic heterocycles. The highest BCUT2D eigenvalue weighted by molar-refractivity contribution is 5.67. The van der Waals surface area contributed by atoms with E-state index in [2.05, 4.69) is 20.1 Å². The number of carbonyl (C=O) groups excluding carboxylic acids is 2. The van der Waals surface area contributed by atoms with Crippen LogP contribution < -0.4 is 22.1 Å². The van der Waals surface area contributed by atoms with E-state index >= 15 is 0 Å². The molecule has 0 aromatic carbocycles. The molecule has 8 N–H and O–H groups in total. The third kappa shape index (κ3) is 13.3. The van der Waals surface area contributed by atoms with Crippen molar-refractivity contribution in [3.63, 3.8) is 0 Å². The average Bonchev–Trinajstić information content (AvgIpc) is 2.43. The van der Waals surface area contributed by atoms with E-state index in [1.807, 2.05) is 4.90 Å². The monoisotopic (exact) mass is 323 g/mol. The van der Waals surface area contributed by atoms with Gasteiger partial charge >= 0.3 is 12.2 Å². The number of carbonyl (C=O) groups is 2. The van der Waals surface area contributed by atoms with Gasteiger partial charge in [-0.05, 0) is 7.05 Å². The normalized spacial score (nSPS) is 13.4. The van der Waals surface area contributed by atoms with Gasteiger partial charge in [-0.1, -0.05) is 0 Å². The molecule has 0 spiro atoms. The second-order valence-electron chi connectivity index (χ2n) is 4.49. The number of nitrogens with one attached hydrogen (secondary N) is 2. The fourth-order valence-electron chi connectivity index (χ4n) is 1.23. The van der Waals surface area contributed by atoms with E-state index < -0.39 is 24.6 Å². The molecule has 2 amide bonds. The van der Waals surface area contributed by atoms with Crippen molar-refractivity contribution in [2.24, 2.45) is 11.5 Å². The predicted octanol–water partition coefficient (Wildman–Crippen LogP) is -3.08. The molecular weight excluding hydrogens is 298 g/mol. The van der Waals surface area contributed by atoms with Gasteiger partial charge in [0.15, 0.2) is 0 Å². The minimum absolute atomic E-state index is 0.273. The van der Waals surface area contributed by atoms with Crippen LogP contribution in [-0.2, 0) is 9.47 Å². The highest BCUT2D eigenvalue weighted by Crippen LogP contribution is 1.84. The van der Waals surface area contributed by atoms with Crippen LogP contribution in [0.15, 0.2) is 0 Å². The maximum Gasteiger partial charge on any atom is 0.407 e. The molecule has 0 radical (unpaired) electrons. The standard InChI is InChI=1S/C11H25N5O6/c1-16(4-2-14-10(19)21-6-8(12)17)5-3-15-11(20)22-7-9(13)18/h8-9,17-18H,2-7,12-13H2,1H3,(H,14,19)(H,15,20). The Labute approximate surface area is 128 Å². The van der Waals surface area contributed by atoms with Gasteiger partial charge in [0.25, 0.3) is 0 Å². The number of hydrogen-bond donors (Lipinski definition) is 6. The zero-order valence-corrected chi connectivity index (χ0v) is 12.5. The number of aliphatic hydroxyl groups is 2. The number of ether oxygens (including phenoxy) is 2. The molecule has 0 fully saturated rings. The Morgan fingerprint density at radius 3 is 1.68 bits per heavy atom. The molecule has 22 heavy (non-hydrogen) atoms. The quantitative estimate of drug-likeness (QED) is 0.228. The van der Waals surface area contributed by atoms with Gasteiger partial charge in [0.2, 0.25) is 0 Å². The van der Waals surface area contributed by atoms with Crippen molar-refractivity contribution in [3.05, 3.63) is 0 Å². The molecular formula is C11H25N5O6. The van der Waals surface area contributed by atoms with Crippen molar-refractivity contribution in [3.8, 4) is 0 Å². The summed E-state index contributed by atoms with van der Waals surface area (Å²) >= 11 is 0. The molecule has 2 unspecified atom stereocenters. The Morgan fingerprint density at radius 2 is 1.36 bits per heavy atom. The molecule has 0 aliphatic carbocycles. The number of hydrogen-bond acceptors (Lipinski definition) is 9. The van der Waals surface area contributed by atoms with Gasteiger partial charge < -0.3 is 46.7 Å². The summed E-state index contributed by atoms with van der Waals surface area (Å²) in [5, 5.41) is 22.4. The van der Waals surface area contributed by atoms with Crippen LogP contribution in [0.2, 0.25) is 0 Å². The van der Waals surface area contributed by atoms with Crippen LogP contribution in [-0.4, -0.2) is 86.2 Å². The van der Waals surface area contributed by atoms with Crippen molar-refractivity contribution in [1.29, 1.82) is 0 Å². The van der Waals surface area contributed by atoms with Crippen LogP contribution in [0, 0.1) is 0 Å². The van der Waals surface area contributed by atoms with Crippen LogP contribution in [0.3, 0.4) is 0 Å². The third-order valence-corrected chi connectivity index (χ3v) is 2.30. The Kier molecular flexibility index (Phi) is 11.0. The lowest BCUT2D eigenvalue weighted by atomic mass is 10.5. The summed E-state index contributed by atoms with van der Waals surface area (Å²) in [4.78, 5) is 24.1. The summed E-state index contributed by atoms with van der Waals surface area (Å²) < 4.78 is 9.19. The van der Waals surface area contributed by atoms with E-state index in [0.29, 0.717) is 26.2 Å². The zero-order valence-electron chi connectivity index (χ0n) is 12.5. The van der Waals surface area contributed by atoms with E-state index in [1.54, 1.807) is 7.05 Å². The van der Waals surface area contributed by atoms with Crippen molar-refractivity contribution < 1.29 is 29.3 Å². The summed E-state index contributed by atoms with van der Waals surface area (Å²) in [6.07, 6.45) is -3.72. The Bertz CT molecular complexity index is 298. The number of nitrogens with two attached hydrogens (primary N) is 2. The van der Waals surface area contributed by atoms with Crippen molar-refractivity contribution in [1.82, 2.24) is 15.5 Å². The smallest absolute Gasteiger partial charge is 0.407 e. The van der Waals surface area contributed by atoms with E-state index in [4.69, 9.17) is 21.7 Å². The van der Waals surface area contributed by atoms with Crippen LogP contribution in [0.1, 0.15) is 0 Å². The maximum absolute atomic E-state index is 11.1. The summed E-state index contributed by atoms with van der Waals surface area (Å²) in [5.41, 5.74) is 10.0. The number of alkyl carbamates (subject to hydrolysis) is 2. The maximum atomic E-state index is 11.1. The molecule has 0 heterocycles. The molecule has 11 heteroatoms. The van der Waals surface area contributed by atoms with E-state index in [0.717, 1.165) is 0 Å². The SMILES string of the molecule is CN(CCNC(=O)OCC(N)O)CCNC(=O)OCC(N)O. The minimum atomic E-state index is -1.19. The van der Waals surface area contributed by atoms with Crippen molar-refractivity contribution in [2.75, 3.05) is 46.4 Å². The first kappa shape index (κ1) is 20.3. The lowest BCUT2D eigenvalue weighted by Gasteiger charge is -2.17. The van der Waals surface area contributed by atoms with Crippen molar-refractivity contribution in [2.45, 2.75) is 12.5 Å². The highest BCUT2D eigenvalue weighted by atomic mass is 16.6. The van der Waals surface area contributed by atoms with Crippen molar-refractivity contribution >= 4 is 12.2 Å². The van der Waals surface area contributed by atoms with Gasteiger partial charge in [0.05, 0.1) is 0 Å². The highest BCUT2D eigenvalue weighted by Gasteiger charge is 2.06. The molecule has 2 atom stereocenters.